The van der Waals surface area contributed by atoms with Crippen LogP contribution in [-0.4, -0.2) is 26.8 Å². The van der Waals surface area contributed by atoms with Crippen LogP contribution in [0.4, 0.5) is 11.4 Å². The van der Waals surface area contributed by atoms with E-state index in [1.807, 2.05) is 6.92 Å². The number of benzene rings is 3. The van der Waals surface area contributed by atoms with Gasteiger partial charge in [0.2, 0.25) is 0 Å². The molecule has 0 radical (unpaired) electrons. The monoisotopic (exact) mass is 451 g/mol. The van der Waals surface area contributed by atoms with E-state index in [1.54, 1.807) is 73.7 Å². The Bertz CT molecular complexity index is 1230. The SMILES string of the molecule is CCCNC(=O)c1ccccc1NC(=O)c1ccc(C)c(S(=O)(=O)Nc2ccccc2)c1. The molecule has 166 valence electrons. The fourth-order valence-electron chi connectivity index (χ4n) is 3.07. The van der Waals surface area contributed by atoms with Crippen molar-refractivity contribution >= 4 is 33.2 Å². The van der Waals surface area contributed by atoms with Gasteiger partial charge in [-0.15, -0.1) is 0 Å². The molecule has 0 aliphatic heterocycles. The molecule has 8 heteroatoms. The molecule has 0 aliphatic carbocycles. The summed E-state index contributed by atoms with van der Waals surface area (Å²) in [6.07, 6.45) is 0.790. The highest BCUT2D eigenvalue weighted by Crippen LogP contribution is 2.22. The maximum Gasteiger partial charge on any atom is 0.262 e. The highest BCUT2D eigenvalue weighted by molar-refractivity contribution is 7.92. The molecule has 0 atom stereocenters. The fraction of sp³-hybridized carbons (Fsp3) is 0.167. The lowest BCUT2D eigenvalue weighted by Gasteiger charge is -2.13. The van der Waals surface area contributed by atoms with E-state index in [1.165, 1.54) is 6.07 Å². The lowest BCUT2D eigenvalue weighted by Crippen LogP contribution is -2.26. The van der Waals surface area contributed by atoms with Gasteiger partial charge in [-0.25, -0.2) is 8.42 Å². The van der Waals surface area contributed by atoms with Gasteiger partial charge in [-0.05, 0) is 55.3 Å². The first-order valence-corrected chi connectivity index (χ1v) is 11.7. The van der Waals surface area contributed by atoms with Gasteiger partial charge in [-0.2, -0.15) is 0 Å². The number of nitrogens with one attached hydrogen (secondary N) is 3. The number of carbonyl (C=O) groups excluding carboxylic acids is 2. The number of sulfonamides is 1. The second-order valence-corrected chi connectivity index (χ2v) is 8.86. The summed E-state index contributed by atoms with van der Waals surface area (Å²) in [7, 11) is -3.90. The van der Waals surface area contributed by atoms with Gasteiger partial charge in [-0.1, -0.05) is 43.3 Å². The van der Waals surface area contributed by atoms with Crippen LogP contribution in [0, 0.1) is 6.92 Å². The number of hydrogen-bond acceptors (Lipinski definition) is 4. The molecule has 2 amide bonds. The van der Waals surface area contributed by atoms with Crippen LogP contribution in [0.5, 0.6) is 0 Å². The molecule has 0 fully saturated rings. The Morgan fingerprint density at radius 2 is 1.56 bits per heavy atom. The Labute approximate surface area is 187 Å². The van der Waals surface area contributed by atoms with E-state index in [0.29, 0.717) is 29.0 Å². The molecule has 0 bridgehead atoms. The van der Waals surface area contributed by atoms with Gasteiger partial charge in [0.1, 0.15) is 0 Å². The third-order valence-corrected chi connectivity index (χ3v) is 6.24. The van der Waals surface area contributed by atoms with Crippen LogP contribution in [0.2, 0.25) is 0 Å². The molecule has 0 spiro atoms. The zero-order chi connectivity index (χ0) is 23.1. The van der Waals surface area contributed by atoms with Crippen LogP contribution < -0.4 is 15.4 Å². The van der Waals surface area contributed by atoms with E-state index < -0.39 is 15.9 Å². The summed E-state index contributed by atoms with van der Waals surface area (Å²) < 4.78 is 28.3. The van der Waals surface area contributed by atoms with Crippen molar-refractivity contribution in [1.29, 1.82) is 0 Å². The van der Waals surface area contributed by atoms with E-state index >= 15 is 0 Å². The Balaban J connectivity index is 1.86. The quantitative estimate of drug-likeness (QED) is 0.478. The van der Waals surface area contributed by atoms with E-state index in [0.717, 1.165) is 6.42 Å². The number of amides is 2. The third kappa shape index (κ3) is 5.53. The average Bonchev–Trinajstić information content (AvgIpc) is 2.78. The van der Waals surface area contributed by atoms with Crippen molar-refractivity contribution in [3.8, 4) is 0 Å². The van der Waals surface area contributed by atoms with Crippen LogP contribution >= 0.6 is 0 Å². The molecule has 0 aromatic heterocycles. The van der Waals surface area contributed by atoms with Crippen LogP contribution in [-0.2, 0) is 10.0 Å². The minimum absolute atomic E-state index is 0.00276. The van der Waals surface area contributed by atoms with Crippen LogP contribution in [0.15, 0.2) is 77.7 Å². The molecule has 3 N–H and O–H groups in total. The van der Waals surface area contributed by atoms with Crippen molar-refractivity contribution in [2.45, 2.75) is 25.2 Å². The minimum Gasteiger partial charge on any atom is -0.352 e. The zero-order valence-electron chi connectivity index (χ0n) is 17.9. The Kier molecular flexibility index (Phi) is 7.27. The standard InChI is InChI=1S/C24H25N3O4S/c1-3-15-25-24(29)20-11-7-8-12-21(20)26-23(28)18-14-13-17(2)22(16-18)32(30,31)27-19-9-5-4-6-10-19/h4-14,16,27H,3,15H2,1-2H3,(H,25,29)(H,26,28). The molecule has 7 nitrogen and oxygen atoms in total. The van der Waals surface area contributed by atoms with Gasteiger partial charge < -0.3 is 10.6 Å². The number of aryl methyl sites for hydroxylation is 1. The van der Waals surface area contributed by atoms with Crippen LogP contribution in [0.1, 0.15) is 39.6 Å². The van der Waals surface area contributed by atoms with Crippen molar-refractivity contribution in [3.63, 3.8) is 0 Å². The van der Waals surface area contributed by atoms with Gasteiger partial charge >= 0.3 is 0 Å². The zero-order valence-corrected chi connectivity index (χ0v) is 18.7. The lowest BCUT2D eigenvalue weighted by molar-refractivity contribution is 0.0954. The first-order chi connectivity index (χ1) is 15.3. The Morgan fingerprint density at radius 1 is 0.875 bits per heavy atom. The predicted octanol–water partition coefficient (Wildman–Crippen LogP) is 4.19. The first kappa shape index (κ1) is 23.0. The summed E-state index contributed by atoms with van der Waals surface area (Å²) in [4.78, 5) is 25.3. The molecule has 0 unspecified atom stereocenters. The number of para-hydroxylation sites is 2. The molecule has 0 saturated heterocycles. The molecule has 32 heavy (non-hydrogen) atoms. The fourth-order valence-corrected chi connectivity index (χ4v) is 4.40. The van der Waals surface area contributed by atoms with Gasteiger partial charge in [0, 0.05) is 17.8 Å². The Hall–Kier alpha value is -3.65. The van der Waals surface area contributed by atoms with Crippen molar-refractivity contribution in [3.05, 3.63) is 89.5 Å². The van der Waals surface area contributed by atoms with Crippen molar-refractivity contribution in [1.82, 2.24) is 5.32 Å². The summed E-state index contributed by atoms with van der Waals surface area (Å²) in [5.74, 6) is -0.807. The normalized spacial score (nSPS) is 10.9. The molecule has 0 aliphatic rings. The minimum atomic E-state index is -3.90. The van der Waals surface area contributed by atoms with Crippen molar-refractivity contribution in [2.24, 2.45) is 0 Å². The number of anilines is 2. The second-order valence-electron chi connectivity index (χ2n) is 7.21. The van der Waals surface area contributed by atoms with E-state index in [-0.39, 0.29) is 16.4 Å². The smallest absolute Gasteiger partial charge is 0.262 e. The maximum absolute atomic E-state index is 12.9. The maximum atomic E-state index is 12.9. The second kappa shape index (κ2) is 10.1. The van der Waals surface area contributed by atoms with E-state index in [4.69, 9.17) is 0 Å². The number of hydrogen-bond donors (Lipinski definition) is 3. The van der Waals surface area contributed by atoms with Crippen LogP contribution in [0.3, 0.4) is 0 Å². The van der Waals surface area contributed by atoms with E-state index in [9.17, 15) is 18.0 Å². The van der Waals surface area contributed by atoms with Gasteiger partial charge in [-0.3, -0.25) is 14.3 Å². The van der Waals surface area contributed by atoms with Crippen LogP contribution in [0.25, 0.3) is 0 Å². The van der Waals surface area contributed by atoms with Gasteiger partial charge in [0.15, 0.2) is 0 Å². The molecule has 0 heterocycles. The summed E-state index contributed by atoms with van der Waals surface area (Å²) in [5.41, 5.74) is 1.77. The molecule has 0 saturated carbocycles. The summed E-state index contributed by atoms with van der Waals surface area (Å²) in [6, 6.07) is 19.6. The largest absolute Gasteiger partial charge is 0.352 e. The predicted molar refractivity (Wildman–Crippen MR) is 125 cm³/mol. The highest BCUT2D eigenvalue weighted by Gasteiger charge is 2.20. The highest BCUT2D eigenvalue weighted by atomic mass is 32.2. The Morgan fingerprint density at radius 3 is 2.28 bits per heavy atom. The molecule has 3 aromatic rings. The molecule has 3 rings (SSSR count). The average molecular weight is 452 g/mol. The van der Waals surface area contributed by atoms with Gasteiger partial charge in [0.25, 0.3) is 21.8 Å². The number of rotatable bonds is 8. The van der Waals surface area contributed by atoms with Crippen molar-refractivity contribution in [2.75, 3.05) is 16.6 Å². The summed E-state index contributed by atoms with van der Waals surface area (Å²) in [5, 5.41) is 5.50. The van der Waals surface area contributed by atoms with Crippen molar-refractivity contribution < 1.29 is 18.0 Å². The topological polar surface area (TPSA) is 104 Å². The molecular weight excluding hydrogens is 426 g/mol. The molecular formula is C24H25N3O4S. The molecule has 3 aromatic carbocycles. The lowest BCUT2D eigenvalue weighted by atomic mass is 10.1. The summed E-state index contributed by atoms with van der Waals surface area (Å²) >= 11 is 0. The van der Waals surface area contributed by atoms with E-state index in [2.05, 4.69) is 15.4 Å². The summed E-state index contributed by atoms with van der Waals surface area (Å²) in [6.45, 7) is 4.13. The van der Waals surface area contributed by atoms with Gasteiger partial charge in [0.05, 0.1) is 16.1 Å². The first-order valence-electron chi connectivity index (χ1n) is 10.2. The number of carbonyl (C=O) groups is 2. The third-order valence-electron chi connectivity index (χ3n) is 4.72.